The number of fused-ring (bicyclic) bond motifs is 1. The van der Waals surface area contributed by atoms with Gasteiger partial charge in [-0.3, -0.25) is 9.11 Å². The van der Waals surface area contributed by atoms with Crippen molar-refractivity contribution in [3.05, 3.63) is 24.3 Å². The zero-order valence-corrected chi connectivity index (χ0v) is 11.3. The number of anilines is 1. The van der Waals surface area contributed by atoms with Crippen LogP contribution in [0.5, 0.6) is 5.75 Å². The molecule has 5 N–H and O–H groups in total. The van der Waals surface area contributed by atoms with E-state index in [0.29, 0.717) is 0 Å². The summed E-state index contributed by atoms with van der Waals surface area (Å²) < 4.78 is 62.7. The molecule has 0 saturated carbocycles. The van der Waals surface area contributed by atoms with Crippen molar-refractivity contribution >= 4 is 36.7 Å². The molecule has 0 bridgehead atoms. The lowest BCUT2D eigenvalue weighted by Crippen LogP contribution is -2.05. The Kier molecular flexibility index (Phi) is 3.13. The average molecular weight is 319 g/mol. The maximum absolute atomic E-state index is 11.2. The Balaban J connectivity index is 3.05. The highest BCUT2D eigenvalue weighted by molar-refractivity contribution is 7.86. The van der Waals surface area contributed by atoms with E-state index in [1.165, 1.54) is 0 Å². The first-order valence-corrected chi connectivity index (χ1v) is 7.90. The fourth-order valence-electron chi connectivity index (χ4n) is 1.86. The topological polar surface area (TPSA) is 155 Å². The minimum Gasteiger partial charge on any atom is -0.507 e. The molecule has 108 valence electrons. The molecule has 0 amide bonds. The molecule has 0 fully saturated rings. The summed E-state index contributed by atoms with van der Waals surface area (Å²) in [5.41, 5.74) is 5.02. The van der Waals surface area contributed by atoms with Gasteiger partial charge in [-0.25, -0.2) is 0 Å². The number of hydrogen-bond donors (Lipinski definition) is 4. The van der Waals surface area contributed by atoms with Crippen LogP contribution in [0.15, 0.2) is 34.1 Å². The molecule has 20 heavy (non-hydrogen) atoms. The largest absolute Gasteiger partial charge is 0.507 e. The summed E-state index contributed by atoms with van der Waals surface area (Å²) in [6.07, 6.45) is 0. The summed E-state index contributed by atoms with van der Waals surface area (Å²) in [5.74, 6) is -0.490. The van der Waals surface area contributed by atoms with Gasteiger partial charge in [0.1, 0.15) is 15.5 Å². The number of nitrogens with two attached hydrogens (primary N) is 1. The molecule has 0 atom stereocenters. The molecule has 10 heteroatoms. The summed E-state index contributed by atoms with van der Waals surface area (Å²) in [6.45, 7) is 0. The van der Waals surface area contributed by atoms with Crippen LogP contribution < -0.4 is 5.73 Å². The number of phenols is 1. The molecule has 0 heterocycles. The van der Waals surface area contributed by atoms with Crippen molar-refractivity contribution < 1.29 is 31.0 Å². The van der Waals surface area contributed by atoms with Crippen molar-refractivity contribution in [1.29, 1.82) is 0 Å². The molecule has 0 radical (unpaired) electrons. The first kappa shape index (κ1) is 14.5. The van der Waals surface area contributed by atoms with Gasteiger partial charge in [0.15, 0.2) is 0 Å². The van der Waals surface area contributed by atoms with Crippen LogP contribution in [0.4, 0.5) is 5.69 Å². The standard InChI is InChI=1S/C10H9NO7S2/c11-10-8(20(16,17)18)3-1-5-7(19(13,14)15)4-2-6(12)9(5)10/h1-4,12H,11H2,(H,13,14,15)(H,16,17,18). The highest BCUT2D eigenvalue weighted by atomic mass is 32.2. The monoisotopic (exact) mass is 319 g/mol. The summed E-state index contributed by atoms with van der Waals surface area (Å²) in [4.78, 5) is -1.22. The van der Waals surface area contributed by atoms with Gasteiger partial charge < -0.3 is 10.8 Å². The number of phenolic OH excluding ortho intramolecular Hbond substituents is 1. The van der Waals surface area contributed by atoms with Crippen LogP contribution in [0.1, 0.15) is 0 Å². The molecular formula is C10H9NO7S2. The SMILES string of the molecule is Nc1c(S(=O)(=O)O)ccc2c(S(=O)(=O)O)ccc(O)c12. The van der Waals surface area contributed by atoms with E-state index < -0.39 is 41.5 Å². The van der Waals surface area contributed by atoms with Gasteiger partial charge in [0.05, 0.1) is 5.69 Å². The van der Waals surface area contributed by atoms with Crippen LogP contribution in [-0.4, -0.2) is 31.0 Å². The molecule has 2 rings (SSSR count). The van der Waals surface area contributed by atoms with Crippen LogP contribution in [0.25, 0.3) is 10.8 Å². The molecule has 0 unspecified atom stereocenters. The van der Waals surface area contributed by atoms with Crippen LogP contribution in [0.2, 0.25) is 0 Å². The second-order valence-corrected chi connectivity index (χ2v) is 6.71. The van der Waals surface area contributed by atoms with Gasteiger partial charge in [-0.05, 0) is 18.2 Å². The number of aromatic hydroxyl groups is 1. The van der Waals surface area contributed by atoms with Gasteiger partial charge in [0, 0.05) is 10.8 Å². The number of nitrogen functional groups attached to an aromatic ring is 1. The molecular weight excluding hydrogens is 310 g/mol. The van der Waals surface area contributed by atoms with Crippen molar-refractivity contribution in [3.8, 4) is 5.75 Å². The molecule has 0 aromatic heterocycles. The van der Waals surface area contributed by atoms with Crippen LogP contribution in [0, 0.1) is 0 Å². The van der Waals surface area contributed by atoms with E-state index in [0.717, 1.165) is 24.3 Å². The summed E-state index contributed by atoms with van der Waals surface area (Å²) in [7, 11) is -9.23. The van der Waals surface area contributed by atoms with Crippen LogP contribution in [0.3, 0.4) is 0 Å². The van der Waals surface area contributed by atoms with Gasteiger partial charge in [-0.15, -0.1) is 0 Å². The van der Waals surface area contributed by atoms with E-state index in [-0.39, 0.29) is 10.8 Å². The highest BCUT2D eigenvalue weighted by Crippen LogP contribution is 2.37. The molecule has 0 spiro atoms. The highest BCUT2D eigenvalue weighted by Gasteiger charge is 2.22. The second-order valence-electron chi connectivity index (χ2n) is 3.93. The van der Waals surface area contributed by atoms with E-state index in [2.05, 4.69) is 0 Å². The van der Waals surface area contributed by atoms with Crippen LogP contribution >= 0.6 is 0 Å². The third-order valence-corrected chi connectivity index (χ3v) is 4.50. The smallest absolute Gasteiger partial charge is 0.296 e. The molecule has 2 aromatic rings. The zero-order valence-electron chi connectivity index (χ0n) is 9.68. The lowest BCUT2D eigenvalue weighted by atomic mass is 10.1. The predicted octanol–water partition coefficient (Wildman–Crippen LogP) is 0.621. The van der Waals surface area contributed by atoms with Gasteiger partial charge in [0.2, 0.25) is 0 Å². The van der Waals surface area contributed by atoms with Crippen LogP contribution in [-0.2, 0) is 20.2 Å². The van der Waals surface area contributed by atoms with Gasteiger partial charge in [-0.2, -0.15) is 16.8 Å². The van der Waals surface area contributed by atoms with E-state index >= 15 is 0 Å². The summed E-state index contributed by atoms with van der Waals surface area (Å²) >= 11 is 0. The van der Waals surface area contributed by atoms with Crippen molar-refractivity contribution in [3.63, 3.8) is 0 Å². The first-order chi connectivity index (χ1) is 9.03. The third-order valence-electron chi connectivity index (χ3n) is 2.68. The maximum atomic E-state index is 11.2. The lowest BCUT2D eigenvalue weighted by molar-refractivity contribution is 0.479. The molecule has 0 aliphatic heterocycles. The summed E-state index contributed by atoms with van der Waals surface area (Å²) in [6, 6.07) is 3.77. The van der Waals surface area contributed by atoms with E-state index in [1.807, 2.05) is 0 Å². The number of rotatable bonds is 2. The minimum absolute atomic E-state index is 0.169. The Morgan fingerprint density at radius 1 is 0.850 bits per heavy atom. The van der Waals surface area contributed by atoms with Crippen molar-refractivity contribution in [2.75, 3.05) is 5.73 Å². The zero-order chi connectivity index (χ0) is 15.3. The van der Waals surface area contributed by atoms with E-state index in [1.54, 1.807) is 0 Å². The molecule has 0 aliphatic rings. The number of hydrogen-bond acceptors (Lipinski definition) is 6. The molecule has 0 saturated heterocycles. The van der Waals surface area contributed by atoms with E-state index in [9.17, 15) is 21.9 Å². The van der Waals surface area contributed by atoms with Crippen molar-refractivity contribution in [1.82, 2.24) is 0 Å². The fourth-order valence-corrected chi connectivity index (χ4v) is 3.17. The molecule has 0 aliphatic carbocycles. The minimum atomic E-state index is -4.64. The Labute approximate surface area is 114 Å². The Hall–Kier alpha value is -1.88. The Bertz CT molecular complexity index is 916. The Morgan fingerprint density at radius 3 is 1.85 bits per heavy atom. The average Bonchev–Trinajstić information content (AvgIpc) is 2.25. The van der Waals surface area contributed by atoms with E-state index in [4.69, 9.17) is 14.8 Å². The Morgan fingerprint density at radius 2 is 1.35 bits per heavy atom. The first-order valence-electron chi connectivity index (χ1n) is 5.02. The normalized spacial score (nSPS) is 12.7. The predicted molar refractivity (Wildman–Crippen MR) is 69.7 cm³/mol. The quantitative estimate of drug-likeness (QED) is 0.463. The second kappa shape index (κ2) is 4.31. The number of benzene rings is 2. The fraction of sp³-hybridized carbons (Fsp3) is 0. The van der Waals surface area contributed by atoms with Gasteiger partial charge in [-0.1, -0.05) is 6.07 Å². The van der Waals surface area contributed by atoms with Gasteiger partial charge in [0.25, 0.3) is 20.2 Å². The molecule has 2 aromatic carbocycles. The van der Waals surface area contributed by atoms with Crippen molar-refractivity contribution in [2.45, 2.75) is 9.79 Å². The summed E-state index contributed by atoms with van der Waals surface area (Å²) in [5, 5.41) is 9.23. The molecule has 8 nitrogen and oxygen atoms in total. The lowest BCUT2D eigenvalue weighted by Gasteiger charge is -2.10. The maximum Gasteiger partial charge on any atom is 0.296 e. The third kappa shape index (κ3) is 2.29. The van der Waals surface area contributed by atoms with Gasteiger partial charge >= 0.3 is 0 Å². The van der Waals surface area contributed by atoms with Crippen molar-refractivity contribution in [2.24, 2.45) is 0 Å².